The van der Waals surface area contributed by atoms with Crippen molar-refractivity contribution in [3.63, 3.8) is 0 Å². The Morgan fingerprint density at radius 3 is 2.59 bits per heavy atom. The SMILES string of the molecule is COc1ccc(CNc2ncnc3c2c(-c2noc(C4CC4)c2C(=O)O)c(COS(C)(=O)=O)n3C(C)C)c(OC)c1. The van der Waals surface area contributed by atoms with Crippen LogP contribution in [0.15, 0.2) is 29.0 Å². The molecule has 0 saturated heterocycles. The molecule has 41 heavy (non-hydrogen) atoms. The number of carbonyl (C=O) groups is 1. The Balaban J connectivity index is 1.73. The number of carboxylic acid groups (broad SMARTS) is 1. The first kappa shape index (κ1) is 28.4. The average Bonchev–Trinajstić information content (AvgIpc) is 3.58. The number of nitrogens with one attached hydrogen (secondary N) is 1. The molecule has 0 unspecified atom stereocenters. The van der Waals surface area contributed by atoms with E-state index in [1.165, 1.54) is 6.33 Å². The zero-order valence-corrected chi connectivity index (χ0v) is 24.1. The number of hydrogen-bond acceptors (Lipinski definition) is 11. The van der Waals surface area contributed by atoms with Crippen LogP contribution in [0.5, 0.6) is 11.5 Å². The predicted molar refractivity (Wildman–Crippen MR) is 149 cm³/mol. The van der Waals surface area contributed by atoms with Gasteiger partial charge in [0.05, 0.1) is 31.6 Å². The topological polar surface area (TPSA) is 168 Å². The lowest BCUT2D eigenvalue weighted by atomic mass is 10.0. The Kier molecular flexibility index (Phi) is 7.62. The van der Waals surface area contributed by atoms with E-state index in [1.54, 1.807) is 24.9 Å². The quantitative estimate of drug-likeness (QED) is 0.226. The number of fused-ring (bicyclic) bond motifs is 1. The summed E-state index contributed by atoms with van der Waals surface area (Å²) in [5, 5.41) is 18.2. The Bertz CT molecular complexity index is 1720. The molecule has 218 valence electrons. The molecular weight excluding hydrogens is 554 g/mol. The van der Waals surface area contributed by atoms with Crippen LogP contribution in [0.25, 0.3) is 22.3 Å². The predicted octanol–water partition coefficient (Wildman–Crippen LogP) is 4.35. The summed E-state index contributed by atoms with van der Waals surface area (Å²) < 4.78 is 47.5. The van der Waals surface area contributed by atoms with Gasteiger partial charge >= 0.3 is 5.97 Å². The molecule has 3 heterocycles. The van der Waals surface area contributed by atoms with E-state index in [4.69, 9.17) is 18.2 Å². The van der Waals surface area contributed by atoms with Gasteiger partial charge in [0, 0.05) is 35.7 Å². The van der Waals surface area contributed by atoms with Crippen molar-refractivity contribution in [1.29, 1.82) is 0 Å². The molecule has 2 N–H and O–H groups in total. The summed E-state index contributed by atoms with van der Waals surface area (Å²) in [5.74, 6) is 0.687. The molecule has 0 aliphatic heterocycles. The van der Waals surface area contributed by atoms with E-state index in [1.807, 2.05) is 26.0 Å². The lowest BCUT2D eigenvalue weighted by Gasteiger charge is -2.14. The molecular formula is C27H31N5O8S. The van der Waals surface area contributed by atoms with E-state index in [0.29, 0.717) is 51.9 Å². The number of ether oxygens (including phenoxy) is 2. The number of methoxy groups -OCH3 is 2. The number of nitrogens with zero attached hydrogens (tertiary/aromatic N) is 4. The lowest BCUT2D eigenvalue weighted by Crippen LogP contribution is -2.11. The number of hydrogen-bond donors (Lipinski definition) is 2. The Hall–Kier alpha value is -4.17. The van der Waals surface area contributed by atoms with E-state index in [0.717, 1.165) is 24.7 Å². The van der Waals surface area contributed by atoms with Gasteiger partial charge in [-0.25, -0.2) is 14.8 Å². The summed E-state index contributed by atoms with van der Waals surface area (Å²) in [6, 6.07) is 5.22. The summed E-state index contributed by atoms with van der Waals surface area (Å²) in [6.07, 6.45) is 3.93. The normalized spacial score (nSPS) is 13.6. The zero-order chi connectivity index (χ0) is 29.5. The molecule has 1 saturated carbocycles. The fourth-order valence-electron chi connectivity index (χ4n) is 4.91. The van der Waals surface area contributed by atoms with Gasteiger partial charge in [0.1, 0.15) is 47.2 Å². The highest BCUT2D eigenvalue weighted by Gasteiger charge is 2.38. The Morgan fingerprint density at radius 2 is 1.98 bits per heavy atom. The third-order valence-electron chi connectivity index (χ3n) is 6.87. The van der Waals surface area contributed by atoms with Crippen LogP contribution in [-0.2, 0) is 27.5 Å². The minimum absolute atomic E-state index is 0.0344. The monoisotopic (exact) mass is 585 g/mol. The van der Waals surface area contributed by atoms with Gasteiger partial charge in [-0.3, -0.25) is 4.18 Å². The molecule has 1 aliphatic rings. The summed E-state index contributed by atoms with van der Waals surface area (Å²) in [7, 11) is -0.714. The van der Waals surface area contributed by atoms with Crippen LogP contribution in [-0.4, -0.2) is 59.7 Å². The summed E-state index contributed by atoms with van der Waals surface area (Å²) >= 11 is 0. The second kappa shape index (κ2) is 11.0. The van der Waals surface area contributed by atoms with Gasteiger partial charge in [-0.05, 0) is 38.8 Å². The van der Waals surface area contributed by atoms with Gasteiger partial charge in [-0.15, -0.1) is 0 Å². The van der Waals surface area contributed by atoms with Gasteiger partial charge in [-0.2, -0.15) is 8.42 Å². The fourth-order valence-corrected chi connectivity index (χ4v) is 5.24. The minimum atomic E-state index is -3.85. The molecule has 5 rings (SSSR count). The second-order valence-electron chi connectivity index (χ2n) is 10.1. The van der Waals surface area contributed by atoms with Crippen molar-refractivity contribution in [2.24, 2.45) is 0 Å². The third-order valence-corrected chi connectivity index (χ3v) is 7.41. The standard InChI is InChI=1S/C27H31N5O8S/c1-14(2)32-18(12-39-41(5,35)36)20(23-22(27(33)34)24(40-31-23)15-6-7-15)21-25(29-13-30-26(21)32)28-11-16-8-9-17(37-3)10-19(16)38-4/h8-10,13-15H,6-7,11-12H2,1-5H3,(H,33,34)(H,28,29,30). The van der Waals surface area contributed by atoms with Crippen LogP contribution in [0.4, 0.5) is 5.82 Å². The van der Waals surface area contributed by atoms with E-state index in [-0.39, 0.29) is 29.8 Å². The number of rotatable bonds is 12. The van der Waals surface area contributed by atoms with Crippen LogP contribution < -0.4 is 14.8 Å². The van der Waals surface area contributed by atoms with E-state index in [9.17, 15) is 18.3 Å². The van der Waals surface area contributed by atoms with Crippen molar-refractivity contribution >= 4 is 32.9 Å². The maximum atomic E-state index is 12.5. The maximum absolute atomic E-state index is 12.5. The molecule has 1 aliphatic carbocycles. The molecule has 4 aromatic rings. The van der Waals surface area contributed by atoms with Crippen LogP contribution >= 0.6 is 0 Å². The third kappa shape index (κ3) is 5.57. The highest BCUT2D eigenvalue weighted by molar-refractivity contribution is 7.85. The van der Waals surface area contributed by atoms with Crippen molar-refractivity contribution in [3.8, 4) is 22.8 Å². The molecule has 13 nitrogen and oxygen atoms in total. The molecule has 1 fully saturated rings. The number of benzene rings is 1. The summed E-state index contributed by atoms with van der Waals surface area (Å²) in [5.41, 5.74) is 1.97. The van der Waals surface area contributed by atoms with Gasteiger partial charge < -0.3 is 29.0 Å². The highest BCUT2D eigenvalue weighted by Crippen LogP contribution is 2.47. The van der Waals surface area contributed by atoms with E-state index in [2.05, 4.69) is 20.4 Å². The molecule has 1 aromatic carbocycles. The Morgan fingerprint density at radius 1 is 1.22 bits per heavy atom. The van der Waals surface area contributed by atoms with Gasteiger partial charge in [0.15, 0.2) is 5.76 Å². The Labute approximate surface area is 236 Å². The molecule has 0 atom stereocenters. The molecule has 3 aromatic heterocycles. The van der Waals surface area contributed by atoms with Crippen molar-refractivity contribution in [1.82, 2.24) is 19.7 Å². The molecule has 0 bridgehead atoms. The van der Waals surface area contributed by atoms with Gasteiger partial charge in [0.2, 0.25) is 0 Å². The number of anilines is 1. The van der Waals surface area contributed by atoms with Crippen molar-refractivity contribution in [3.05, 3.63) is 47.1 Å². The zero-order valence-electron chi connectivity index (χ0n) is 23.3. The minimum Gasteiger partial charge on any atom is -0.497 e. The smallest absolute Gasteiger partial charge is 0.341 e. The first-order valence-electron chi connectivity index (χ1n) is 12.9. The number of aromatic nitrogens is 4. The molecule has 0 amide bonds. The van der Waals surface area contributed by atoms with E-state index < -0.39 is 16.1 Å². The van der Waals surface area contributed by atoms with Crippen molar-refractivity contribution in [2.45, 2.75) is 51.8 Å². The van der Waals surface area contributed by atoms with Crippen LogP contribution in [0.2, 0.25) is 0 Å². The highest BCUT2D eigenvalue weighted by atomic mass is 32.2. The lowest BCUT2D eigenvalue weighted by molar-refractivity contribution is 0.0695. The second-order valence-corrected chi connectivity index (χ2v) is 11.7. The van der Waals surface area contributed by atoms with Crippen LogP contribution in [0.1, 0.15) is 66.0 Å². The van der Waals surface area contributed by atoms with Crippen LogP contribution in [0.3, 0.4) is 0 Å². The molecule has 0 radical (unpaired) electrons. The first-order valence-corrected chi connectivity index (χ1v) is 14.8. The molecule has 14 heteroatoms. The average molecular weight is 586 g/mol. The number of aromatic carboxylic acids is 1. The van der Waals surface area contributed by atoms with Gasteiger partial charge in [0.25, 0.3) is 10.1 Å². The maximum Gasteiger partial charge on any atom is 0.341 e. The molecule has 0 spiro atoms. The summed E-state index contributed by atoms with van der Waals surface area (Å²) in [6.45, 7) is 3.72. The first-order chi connectivity index (χ1) is 19.5. The van der Waals surface area contributed by atoms with Gasteiger partial charge in [-0.1, -0.05) is 5.16 Å². The van der Waals surface area contributed by atoms with E-state index >= 15 is 0 Å². The van der Waals surface area contributed by atoms with Crippen LogP contribution in [0, 0.1) is 0 Å². The van der Waals surface area contributed by atoms with Crippen molar-refractivity contribution < 1.29 is 36.5 Å². The fraction of sp³-hybridized carbons (Fsp3) is 0.407. The summed E-state index contributed by atoms with van der Waals surface area (Å²) in [4.78, 5) is 21.5. The largest absolute Gasteiger partial charge is 0.497 e. The van der Waals surface area contributed by atoms with Crippen molar-refractivity contribution in [2.75, 3.05) is 25.8 Å². The number of carboxylic acids is 1.